The molecule has 0 aliphatic heterocycles. The van der Waals surface area contributed by atoms with E-state index in [-0.39, 0.29) is 12.3 Å². The molecule has 1 saturated carbocycles. The van der Waals surface area contributed by atoms with Crippen LogP contribution in [0.2, 0.25) is 0 Å². The Kier molecular flexibility index (Phi) is 6.53. The fourth-order valence-electron chi connectivity index (χ4n) is 2.53. The number of aromatic amines is 2. The van der Waals surface area contributed by atoms with Crippen LogP contribution in [0.25, 0.3) is 0 Å². The van der Waals surface area contributed by atoms with Crippen LogP contribution in [-0.2, 0) is 25.7 Å². The zero-order valence-electron chi connectivity index (χ0n) is 13.2. The molecule has 1 aromatic heterocycles. The Hall–Kier alpha value is -2.64. The summed E-state index contributed by atoms with van der Waals surface area (Å²) < 4.78 is 9.93. The summed E-state index contributed by atoms with van der Waals surface area (Å²) in [5.74, 6) is -0.969. The first-order valence-electron chi connectivity index (χ1n) is 7.87. The third kappa shape index (κ3) is 6.23. The van der Waals surface area contributed by atoms with E-state index in [0.717, 1.165) is 43.9 Å². The molecule has 1 aromatic rings. The highest BCUT2D eigenvalue weighted by molar-refractivity contribution is 5.91. The molecule has 0 bridgehead atoms. The van der Waals surface area contributed by atoms with Crippen molar-refractivity contribution in [2.75, 3.05) is 6.61 Å². The van der Waals surface area contributed by atoms with E-state index in [9.17, 15) is 19.2 Å². The molecule has 130 valence electrons. The molecule has 1 aliphatic carbocycles. The Morgan fingerprint density at radius 1 is 1.04 bits per heavy atom. The van der Waals surface area contributed by atoms with Crippen molar-refractivity contribution in [3.8, 4) is 0 Å². The Labute approximate surface area is 137 Å². The normalized spacial score (nSPS) is 15.3. The molecule has 0 saturated heterocycles. The van der Waals surface area contributed by atoms with Crippen molar-refractivity contribution in [2.45, 2.75) is 38.7 Å². The average molecular weight is 336 g/mol. The third-order valence-electron chi connectivity index (χ3n) is 3.73. The SMILES string of the molecule is O=C(/C=C/C(=O)OCC1CCCCC1)OCc1cc(=O)[nH]c(=O)[nH]1. The Balaban J connectivity index is 1.72. The van der Waals surface area contributed by atoms with Gasteiger partial charge in [-0.2, -0.15) is 0 Å². The minimum absolute atomic E-state index is 0.158. The van der Waals surface area contributed by atoms with Crippen LogP contribution in [0, 0.1) is 5.92 Å². The van der Waals surface area contributed by atoms with E-state index in [4.69, 9.17) is 9.47 Å². The minimum atomic E-state index is -0.772. The van der Waals surface area contributed by atoms with Crippen molar-refractivity contribution in [1.29, 1.82) is 0 Å². The zero-order valence-corrected chi connectivity index (χ0v) is 13.2. The quantitative estimate of drug-likeness (QED) is 0.585. The molecule has 0 radical (unpaired) electrons. The molecule has 8 heteroatoms. The smallest absolute Gasteiger partial charge is 0.331 e. The maximum absolute atomic E-state index is 11.5. The largest absolute Gasteiger partial charge is 0.462 e. The van der Waals surface area contributed by atoms with E-state index >= 15 is 0 Å². The number of rotatable bonds is 6. The summed E-state index contributed by atoms with van der Waals surface area (Å²) in [4.78, 5) is 49.5. The van der Waals surface area contributed by atoms with Gasteiger partial charge in [0.05, 0.1) is 12.3 Å². The van der Waals surface area contributed by atoms with Gasteiger partial charge in [-0.3, -0.25) is 9.78 Å². The standard InChI is InChI=1S/C16H20N2O6/c19-13-8-12(17-16(22)18-13)10-24-15(21)7-6-14(20)23-9-11-4-2-1-3-5-11/h6-8,11H,1-5,9-10H2,(H2,17,18,19,22)/b7-6+. The lowest BCUT2D eigenvalue weighted by atomic mass is 9.90. The second kappa shape index (κ2) is 8.85. The van der Waals surface area contributed by atoms with Gasteiger partial charge in [0.1, 0.15) is 6.61 Å². The van der Waals surface area contributed by atoms with Crippen molar-refractivity contribution >= 4 is 11.9 Å². The number of H-pyrrole nitrogens is 2. The molecular weight excluding hydrogens is 316 g/mol. The summed E-state index contributed by atoms with van der Waals surface area (Å²) in [5.41, 5.74) is -1.12. The van der Waals surface area contributed by atoms with Gasteiger partial charge in [-0.1, -0.05) is 19.3 Å². The van der Waals surface area contributed by atoms with E-state index in [0.29, 0.717) is 12.5 Å². The van der Waals surface area contributed by atoms with Crippen LogP contribution in [0.3, 0.4) is 0 Å². The van der Waals surface area contributed by atoms with E-state index < -0.39 is 23.2 Å². The third-order valence-corrected chi connectivity index (χ3v) is 3.73. The van der Waals surface area contributed by atoms with Gasteiger partial charge >= 0.3 is 17.6 Å². The molecule has 1 heterocycles. The number of esters is 2. The molecule has 24 heavy (non-hydrogen) atoms. The van der Waals surface area contributed by atoms with Crippen LogP contribution < -0.4 is 11.2 Å². The predicted octanol–water partition coefficient (Wildman–Crippen LogP) is 0.786. The molecule has 2 rings (SSSR count). The predicted molar refractivity (Wildman–Crippen MR) is 84.2 cm³/mol. The first-order chi connectivity index (χ1) is 11.5. The fourth-order valence-corrected chi connectivity index (χ4v) is 2.53. The lowest BCUT2D eigenvalue weighted by molar-refractivity contribution is -0.142. The van der Waals surface area contributed by atoms with Crippen LogP contribution in [0.4, 0.5) is 0 Å². The zero-order chi connectivity index (χ0) is 17.4. The molecule has 0 unspecified atom stereocenters. The molecule has 1 fully saturated rings. The molecule has 0 spiro atoms. The molecule has 8 nitrogen and oxygen atoms in total. The van der Waals surface area contributed by atoms with Gasteiger partial charge in [-0.15, -0.1) is 0 Å². The molecule has 0 aromatic carbocycles. The summed E-state index contributed by atoms with van der Waals surface area (Å²) >= 11 is 0. The molecule has 1 aliphatic rings. The summed E-state index contributed by atoms with van der Waals surface area (Å²) in [5, 5.41) is 0. The van der Waals surface area contributed by atoms with E-state index in [2.05, 4.69) is 4.98 Å². The van der Waals surface area contributed by atoms with Gasteiger partial charge < -0.3 is 14.5 Å². The van der Waals surface area contributed by atoms with Crippen LogP contribution in [0.5, 0.6) is 0 Å². The highest BCUT2D eigenvalue weighted by Crippen LogP contribution is 2.23. The van der Waals surface area contributed by atoms with Crippen molar-refractivity contribution in [1.82, 2.24) is 9.97 Å². The number of hydrogen-bond acceptors (Lipinski definition) is 6. The Bertz CT molecular complexity index is 684. The second-order valence-corrected chi connectivity index (χ2v) is 5.69. The summed E-state index contributed by atoms with van der Waals surface area (Å²) in [6.07, 6.45) is 7.64. The molecule has 0 atom stereocenters. The highest BCUT2D eigenvalue weighted by atomic mass is 16.5. The Morgan fingerprint density at radius 2 is 1.71 bits per heavy atom. The van der Waals surface area contributed by atoms with Crippen LogP contribution in [0.1, 0.15) is 37.8 Å². The van der Waals surface area contributed by atoms with Crippen molar-refractivity contribution in [2.24, 2.45) is 5.92 Å². The maximum atomic E-state index is 11.5. The number of nitrogens with one attached hydrogen (secondary N) is 2. The van der Waals surface area contributed by atoms with Gasteiger partial charge in [0.15, 0.2) is 0 Å². The first kappa shape index (κ1) is 17.7. The lowest BCUT2D eigenvalue weighted by Crippen LogP contribution is -2.23. The lowest BCUT2D eigenvalue weighted by Gasteiger charge is -2.20. The summed E-state index contributed by atoms with van der Waals surface area (Å²) in [7, 11) is 0. The topological polar surface area (TPSA) is 118 Å². The van der Waals surface area contributed by atoms with Gasteiger partial charge in [0.2, 0.25) is 0 Å². The number of ether oxygens (including phenoxy) is 2. The molecular formula is C16H20N2O6. The number of hydrogen-bond donors (Lipinski definition) is 2. The number of carbonyl (C=O) groups excluding carboxylic acids is 2. The van der Waals surface area contributed by atoms with Gasteiger partial charge in [-0.05, 0) is 18.8 Å². The first-order valence-corrected chi connectivity index (χ1v) is 7.87. The number of carbonyl (C=O) groups is 2. The molecule has 0 amide bonds. The van der Waals surface area contributed by atoms with Gasteiger partial charge in [0.25, 0.3) is 5.56 Å². The fraction of sp³-hybridized carbons (Fsp3) is 0.500. The average Bonchev–Trinajstić information content (AvgIpc) is 2.56. The maximum Gasteiger partial charge on any atom is 0.331 e. The van der Waals surface area contributed by atoms with E-state index in [1.165, 1.54) is 6.42 Å². The van der Waals surface area contributed by atoms with Crippen LogP contribution in [0.15, 0.2) is 27.8 Å². The van der Waals surface area contributed by atoms with E-state index in [1.807, 2.05) is 4.98 Å². The summed E-state index contributed by atoms with van der Waals surface area (Å²) in [6, 6.07) is 1.11. The minimum Gasteiger partial charge on any atom is -0.462 e. The van der Waals surface area contributed by atoms with Crippen molar-refractivity contribution < 1.29 is 19.1 Å². The van der Waals surface area contributed by atoms with Crippen molar-refractivity contribution in [3.63, 3.8) is 0 Å². The van der Waals surface area contributed by atoms with Gasteiger partial charge in [-0.25, -0.2) is 14.4 Å². The Morgan fingerprint density at radius 3 is 2.38 bits per heavy atom. The van der Waals surface area contributed by atoms with Crippen LogP contribution >= 0.6 is 0 Å². The monoisotopic (exact) mass is 336 g/mol. The summed E-state index contributed by atoms with van der Waals surface area (Å²) in [6.45, 7) is 0.0890. The highest BCUT2D eigenvalue weighted by Gasteiger charge is 2.14. The van der Waals surface area contributed by atoms with Crippen molar-refractivity contribution in [3.05, 3.63) is 44.8 Å². The van der Waals surface area contributed by atoms with Crippen LogP contribution in [-0.4, -0.2) is 28.5 Å². The molecule has 2 N–H and O–H groups in total. The number of aromatic nitrogens is 2. The van der Waals surface area contributed by atoms with Gasteiger partial charge in [0, 0.05) is 18.2 Å². The second-order valence-electron chi connectivity index (χ2n) is 5.69. The van der Waals surface area contributed by atoms with E-state index in [1.54, 1.807) is 0 Å².